The van der Waals surface area contributed by atoms with E-state index in [1.165, 1.54) is 60.7 Å². The van der Waals surface area contributed by atoms with Gasteiger partial charge in [-0.1, -0.05) is 24.3 Å². The van der Waals surface area contributed by atoms with E-state index in [1.807, 2.05) is 0 Å². The molecular weight excluding hydrogens is 618 g/mol. The molecule has 15 nitrogen and oxygen atoms in total. The highest BCUT2D eigenvalue weighted by atomic mass is 16.5. The van der Waals surface area contributed by atoms with Gasteiger partial charge in [-0.25, -0.2) is 19.2 Å². The third-order valence-corrected chi connectivity index (χ3v) is 6.76. The van der Waals surface area contributed by atoms with E-state index in [-0.39, 0.29) is 47.8 Å². The molecule has 0 fully saturated rings. The summed E-state index contributed by atoms with van der Waals surface area (Å²) in [6.07, 6.45) is -0.0511. The molecule has 0 unspecified atom stereocenters. The SMILES string of the molecule is COC(=O)N[C@@H](Cc1ccc(N(C(=O)C(=O)O)c2ccccc2C(=O)O)cc1)C(=O)NCCCCOc1cc(C)cc(O)c1C(=O)O. The lowest BCUT2D eigenvalue weighted by Gasteiger charge is -2.23. The van der Waals surface area contributed by atoms with Crippen LogP contribution < -0.4 is 20.3 Å². The van der Waals surface area contributed by atoms with Crippen LogP contribution in [0.5, 0.6) is 11.5 Å². The summed E-state index contributed by atoms with van der Waals surface area (Å²) in [6, 6.07) is 12.9. The number of carboxylic acids is 3. The zero-order valence-electron chi connectivity index (χ0n) is 25.4. The van der Waals surface area contributed by atoms with Crippen molar-refractivity contribution in [3.05, 3.63) is 82.9 Å². The number of carbonyl (C=O) groups is 6. The number of unbranched alkanes of at least 4 members (excludes halogenated alkanes) is 1. The van der Waals surface area contributed by atoms with Gasteiger partial charge in [-0.05, 0) is 67.3 Å². The van der Waals surface area contributed by atoms with Crippen molar-refractivity contribution in [3.63, 3.8) is 0 Å². The number of methoxy groups -OCH3 is 1. The maximum absolute atomic E-state index is 13.0. The maximum atomic E-state index is 13.0. The van der Waals surface area contributed by atoms with E-state index in [4.69, 9.17) is 4.74 Å². The molecule has 3 aromatic carbocycles. The van der Waals surface area contributed by atoms with Crippen molar-refractivity contribution in [1.82, 2.24) is 10.6 Å². The summed E-state index contributed by atoms with van der Waals surface area (Å²) >= 11 is 0. The van der Waals surface area contributed by atoms with Gasteiger partial charge in [0.1, 0.15) is 23.1 Å². The number of aromatic hydroxyl groups is 1. The molecule has 1 atom stereocenters. The molecule has 3 amide bonds. The van der Waals surface area contributed by atoms with Crippen LogP contribution in [0, 0.1) is 6.92 Å². The first-order chi connectivity index (χ1) is 22.3. The predicted octanol–water partition coefficient (Wildman–Crippen LogP) is 3.09. The van der Waals surface area contributed by atoms with Crippen LogP contribution in [0.25, 0.3) is 0 Å². The van der Waals surface area contributed by atoms with E-state index in [1.54, 1.807) is 6.92 Å². The number of carbonyl (C=O) groups excluding carboxylic acids is 3. The Hall–Kier alpha value is -6.12. The predicted molar refractivity (Wildman–Crippen MR) is 165 cm³/mol. The normalized spacial score (nSPS) is 11.1. The molecule has 0 aliphatic rings. The van der Waals surface area contributed by atoms with E-state index in [2.05, 4.69) is 15.4 Å². The molecule has 0 spiro atoms. The molecule has 0 heterocycles. The molecule has 0 saturated carbocycles. The van der Waals surface area contributed by atoms with Crippen LogP contribution >= 0.6 is 0 Å². The van der Waals surface area contributed by atoms with Gasteiger partial charge in [0.2, 0.25) is 5.91 Å². The van der Waals surface area contributed by atoms with E-state index >= 15 is 0 Å². The Morgan fingerprint density at radius 2 is 1.57 bits per heavy atom. The van der Waals surface area contributed by atoms with Crippen molar-refractivity contribution < 1.29 is 58.7 Å². The number of hydrogen-bond donors (Lipinski definition) is 6. The highest BCUT2D eigenvalue weighted by molar-refractivity contribution is 6.39. The molecule has 3 aromatic rings. The molecule has 3 rings (SSSR count). The van der Waals surface area contributed by atoms with Crippen molar-refractivity contribution in [2.24, 2.45) is 0 Å². The minimum atomic E-state index is -1.81. The number of anilines is 2. The van der Waals surface area contributed by atoms with Crippen LogP contribution in [0.2, 0.25) is 0 Å². The lowest BCUT2D eigenvalue weighted by molar-refractivity contribution is -0.148. The summed E-state index contributed by atoms with van der Waals surface area (Å²) in [5, 5.41) is 43.4. The van der Waals surface area contributed by atoms with Crippen LogP contribution in [-0.4, -0.2) is 82.5 Å². The summed E-state index contributed by atoms with van der Waals surface area (Å²) in [5.74, 6) is -6.83. The number of hydrogen-bond acceptors (Lipinski definition) is 9. The molecule has 47 heavy (non-hydrogen) atoms. The number of ether oxygens (including phenoxy) is 2. The van der Waals surface area contributed by atoms with Gasteiger partial charge in [0.15, 0.2) is 0 Å². The van der Waals surface area contributed by atoms with Gasteiger partial charge in [0.25, 0.3) is 0 Å². The number of aromatic carboxylic acids is 2. The summed E-state index contributed by atoms with van der Waals surface area (Å²) in [4.78, 5) is 73.1. The molecule has 248 valence electrons. The Labute approximate surface area is 268 Å². The summed E-state index contributed by atoms with van der Waals surface area (Å²) in [6.45, 7) is 1.96. The van der Waals surface area contributed by atoms with Crippen LogP contribution in [0.15, 0.2) is 60.7 Å². The van der Waals surface area contributed by atoms with E-state index in [9.17, 15) is 49.2 Å². The molecule has 0 aliphatic heterocycles. The molecular formula is C32H33N3O12. The monoisotopic (exact) mass is 651 g/mol. The van der Waals surface area contributed by atoms with Gasteiger partial charge in [-0.15, -0.1) is 0 Å². The number of rotatable bonds is 14. The van der Waals surface area contributed by atoms with Gasteiger partial charge in [0.05, 0.1) is 25.0 Å². The maximum Gasteiger partial charge on any atom is 0.407 e. The van der Waals surface area contributed by atoms with E-state index in [0.717, 1.165) is 12.0 Å². The Morgan fingerprint density at radius 3 is 2.19 bits per heavy atom. The number of nitrogens with zero attached hydrogens (tertiary/aromatic N) is 1. The lowest BCUT2D eigenvalue weighted by atomic mass is 10.0. The van der Waals surface area contributed by atoms with Crippen molar-refractivity contribution in [3.8, 4) is 11.5 Å². The Bertz CT molecular complexity index is 1660. The minimum Gasteiger partial charge on any atom is -0.507 e. The number of benzene rings is 3. The largest absolute Gasteiger partial charge is 0.507 e. The first-order valence-corrected chi connectivity index (χ1v) is 14.1. The summed E-state index contributed by atoms with van der Waals surface area (Å²) < 4.78 is 10.2. The Morgan fingerprint density at radius 1 is 0.894 bits per heavy atom. The number of carboxylic acid groups (broad SMARTS) is 3. The number of phenols is 1. The number of aliphatic carboxylic acids is 1. The molecule has 0 aromatic heterocycles. The minimum absolute atomic E-state index is 0.0222. The fraction of sp³-hybridized carbons (Fsp3) is 0.250. The number of nitrogens with one attached hydrogen (secondary N) is 2. The van der Waals surface area contributed by atoms with Gasteiger partial charge >= 0.3 is 29.9 Å². The van der Waals surface area contributed by atoms with Crippen LogP contribution in [0.3, 0.4) is 0 Å². The molecule has 15 heteroatoms. The molecule has 6 N–H and O–H groups in total. The summed E-state index contributed by atoms with van der Waals surface area (Å²) in [5.41, 5.74) is 0.368. The van der Waals surface area contributed by atoms with Crippen molar-refractivity contribution in [2.45, 2.75) is 32.2 Å². The third-order valence-electron chi connectivity index (χ3n) is 6.76. The zero-order chi connectivity index (χ0) is 34.7. The number of aryl methyl sites for hydroxylation is 1. The van der Waals surface area contributed by atoms with Crippen molar-refractivity contribution in [2.75, 3.05) is 25.2 Å². The van der Waals surface area contributed by atoms with Gasteiger partial charge < -0.3 is 40.5 Å². The third kappa shape index (κ3) is 9.43. The van der Waals surface area contributed by atoms with Crippen molar-refractivity contribution in [1.29, 1.82) is 0 Å². The van der Waals surface area contributed by atoms with Crippen LogP contribution in [0.4, 0.5) is 16.2 Å². The van der Waals surface area contributed by atoms with E-state index < -0.39 is 47.6 Å². The van der Waals surface area contributed by atoms with Gasteiger partial charge in [-0.3, -0.25) is 14.5 Å². The molecule has 0 saturated heterocycles. The number of amides is 3. The molecule has 0 radical (unpaired) electrons. The first kappa shape index (κ1) is 35.4. The summed E-state index contributed by atoms with van der Waals surface area (Å²) in [7, 11) is 1.13. The zero-order valence-corrected chi connectivity index (χ0v) is 25.4. The number of para-hydroxylation sites is 1. The van der Waals surface area contributed by atoms with Crippen LogP contribution in [-0.2, 0) is 25.5 Å². The second-order valence-corrected chi connectivity index (χ2v) is 10.1. The van der Waals surface area contributed by atoms with Crippen LogP contribution in [0.1, 0.15) is 44.7 Å². The molecule has 0 aliphatic carbocycles. The average molecular weight is 652 g/mol. The van der Waals surface area contributed by atoms with Gasteiger partial charge in [0, 0.05) is 18.7 Å². The Kier molecular flexibility index (Phi) is 12.2. The quantitative estimate of drug-likeness (QED) is 0.109. The second-order valence-electron chi connectivity index (χ2n) is 10.1. The van der Waals surface area contributed by atoms with Crippen molar-refractivity contribution >= 4 is 47.2 Å². The van der Waals surface area contributed by atoms with E-state index in [0.29, 0.717) is 24.0 Å². The molecule has 0 bridgehead atoms. The number of alkyl carbamates (subject to hydrolysis) is 1. The highest BCUT2D eigenvalue weighted by Gasteiger charge is 2.28. The second kappa shape index (κ2) is 16.3. The Balaban J connectivity index is 1.66. The van der Waals surface area contributed by atoms with Gasteiger partial charge in [-0.2, -0.15) is 0 Å². The highest BCUT2D eigenvalue weighted by Crippen LogP contribution is 2.31. The fourth-order valence-corrected chi connectivity index (χ4v) is 4.55. The average Bonchev–Trinajstić information content (AvgIpc) is 3.02. The topological polar surface area (TPSA) is 229 Å². The first-order valence-electron chi connectivity index (χ1n) is 14.1. The lowest BCUT2D eigenvalue weighted by Crippen LogP contribution is -2.48. The fourth-order valence-electron chi connectivity index (χ4n) is 4.55. The smallest absolute Gasteiger partial charge is 0.407 e. The standard InChI is InChI=1S/C32H33N3O12/c1-18-15-24(36)26(30(41)42)25(16-18)47-14-6-5-13-33-27(37)22(34-32(45)46-2)17-19-9-11-20(12-10-19)35(28(38)31(43)44)23-8-4-3-7-21(23)29(39)40/h3-4,7-12,15-16,22,36H,5-6,13-14,17H2,1-2H3,(H,33,37)(H,34,45)(H,39,40)(H,41,42)(H,43,44)/t22-/m0/s1.